The summed E-state index contributed by atoms with van der Waals surface area (Å²) in [5.74, 6) is -1.73. The van der Waals surface area contributed by atoms with Crippen LogP contribution in [-0.2, 0) is 12.4 Å². The van der Waals surface area contributed by atoms with Gasteiger partial charge in [0.2, 0.25) is 0 Å². The van der Waals surface area contributed by atoms with Crippen molar-refractivity contribution in [1.29, 1.82) is 0 Å². The van der Waals surface area contributed by atoms with Gasteiger partial charge in [-0.1, -0.05) is 12.1 Å². The van der Waals surface area contributed by atoms with Crippen LogP contribution in [0.25, 0.3) is 22.1 Å². The zero-order chi connectivity index (χ0) is 28.4. The topological polar surface area (TPSA) is 93.8 Å². The fourth-order valence-electron chi connectivity index (χ4n) is 4.68. The molecule has 0 saturated carbocycles. The number of carbonyl (C=O) groups is 2. The van der Waals surface area contributed by atoms with E-state index in [4.69, 9.17) is 0 Å². The van der Waals surface area contributed by atoms with Gasteiger partial charge in [-0.05, 0) is 42.5 Å². The number of aromatic nitrogens is 4. The first kappa shape index (κ1) is 25.2. The lowest BCUT2D eigenvalue weighted by Crippen LogP contribution is -2.21. The molecule has 1 aliphatic heterocycles. The maximum atomic E-state index is 14.3. The van der Waals surface area contributed by atoms with Gasteiger partial charge in [-0.25, -0.2) is 9.36 Å². The normalized spacial score (nSPS) is 13.1. The first-order valence-corrected chi connectivity index (χ1v) is 11.5. The summed E-state index contributed by atoms with van der Waals surface area (Å²) in [6.45, 7) is 0. The van der Waals surface area contributed by atoms with Crippen LogP contribution in [0, 0.1) is 0 Å². The van der Waals surface area contributed by atoms with Gasteiger partial charge in [0.15, 0.2) is 5.69 Å². The molecule has 0 saturated heterocycles. The average Bonchev–Trinajstić information content (AvgIpc) is 3.64. The van der Waals surface area contributed by atoms with Crippen molar-refractivity contribution >= 4 is 34.0 Å². The van der Waals surface area contributed by atoms with Gasteiger partial charge >= 0.3 is 12.4 Å². The van der Waals surface area contributed by atoms with Crippen molar-refractivity contribution in [2.75, 3.05) is 10.6 Å². The van der Waals surface area contributed by atoms with Crippen LogP contribution >= 0.6 is 0 Å². The van der Waals surface area contributed by atoms with E-state index in [1.807, 2.05) is 0 Å². The van der Waals surface area contributed by atoms with Crippen LogP contribution in [0.5, 0.6) is 0 Å². The van der Waals surface area contributed by atoms with E-state index in [0.717, 1.165) is 16.8 Å². The average molecular weight is 556 g/mol. The van der Waals surface area contributed by atoms with E-state index >= 15 is 0 Å². The molecule has 8 nitrogen and oxygen atoms in total. The Bertz CT molecular complexity index is 1820. The maximum Gasteiger partial charge on any atom is 0.434 e. The number of hydrogen-bond acceptors (Lipinski definition) is 4. The summed E-state index contributed by atoms with van der Waals surface area (Å²) in [7, 11) is 0. The highest BCUT2D eigenvalue weighted by molar-refractivity contribution is 6.25. The molecule has 1 aliphatic rings. The SMILES string of the molecule is O=C(Nc1ccc(-n2cccn2)c(C(F)(F)F)c1)c1cnn(-c2ccc3c4c(cccc24)C(=O)N3)c1C(F)(F)F. The van der Waals surface area contributed by atoms with Crippen molar-refractivity contribution in [3.63, 3.8) is 0 Å². The molecule has 0 atom stereocenters. The molecule has 202 valence electrons. The molecule has 3 aromatic carbocycles. The number of carbonyl (C=O) groups excluding carboxylic acids is 2. The third-order valence-corrected chi connectivity index (χ3v) is 6.33. The van der Waals surface area contributed by atoms with Crippen LogP contribution in [0.2, 0.25) is 0 Å². The summed E-state index contributed by atoms with van der Waals surface area (Å²) in [6, 6.07) is 11.5. The highest BCUT2D eigenvalue weighted by Gasteiger charge is 2.41. The molecule has 0 unspecified atom stereocenters. The molecule has 40 heavy (non-hydrogen) atoms. The first-order chi connectivity index (χ1) is 18.9. The lowest BCUT2D eigenvalue weighted by molar-refractivity contribution is -0.143. The molecule has 2 aromatic heterocycles. The molecule has 3 heterocycles. The molecule has 2 amide bonds. The molecule has 0 fully saturated rings. The Balaban J connectivity index is 1.42. The Labute approximate surface area is 219 Å². The summed E-state index contributed by atoms with van der Waals surface area (Å²) in [5.41, 5.74) is -3.59. The van der Waals surface area contributed by atoms with Gasteiger partial charge < -0.3 is 10.6 Å². The first-order valence-electron chi connectivity index (χ1n) is 11.5. The molecular formula is C26H14F6N6O2. The number of benzene rings is 3. The smallest absolute Gasteiger partial charge is 0.322 e. The van der Waals surface area contributed by atoms with Crippen LogP contribution in [0.1, 0.15) is 32.0 Å². The largest absolute Gasteiger partial charge is 0.434 e. The van der Waals surface area contributed by atoms with Crippen molar-refractivity contribution in [3.8, 4) is 11.4 Å². The van der Waals surface area contributed by atoms with Gasteiger partial charge in [0.25, 0.3) is 11.8 Å². The molecule has 14 heteroatoms. The quantitative estimate of drug-likeness (QED) is 0.263. The van der Waals surface area contributed by atoms with E-state index in [1.54, 1.807) is 0 Å². The van der Waals surface area contributed by atoms with E-state index in [9.17, 15) is 35.9 Å². The molecule has 2 N–H and O–H groups in total. The zero-order valence-corrected chi connectivity index (χ0v) is 19.8. The number of nitrogens with one attached hydrogen (secondary N) is 2. The second-order valence-electron chi connectivity index (χ2n) is 8.77. The Morgan fingerprint density at radius 3 is 2.38 bits per heavy atom. The molecule has 6 rings (SSSR count). The summed E-state index contributed by atoms with van der Waals surface area (Å²) < 4.78 is 85.8. The Morgan fingerprint density at radius 1 is 0.900 bits per heavy atom. The number of anilines is 2. The minimum atomic E-state index is -5.08. The summed E-state index contributed by atoms with van der Waals surface area (Å²) in [5, 5.41) is 13.0. The molecule has 0 aliphatic carbocycles. The molecule has 0 spiro atoms. The number of nitrogens with zero attached hydrogens (tertiary/aromatic N) is 4. The minimum absolute atomic E-state index is 0.0496. The molecule has 0 bridgehead atoms. The highest BCUT2D eigenvalue weighted by Crippen LogP contribution is 2.40. The van der Waals surface area contributed by atoms with Crippen molar-refractivity contribution in [2.45, 2.75) is 12.4 Å². The van der Waals surface area contributed by atoms with Gasteiger partial charge in [0, 0.05) is 40.1 Å². The van der Waals surface area contributed by atoms with Gasteiger partial charge in [0.1, 0.15) is 0 Å². The van der Waals surface area contributed by atoms with Crippen LogP contribution in [0.4, 0.5) is 37.7 Å². The second kappa shape index (κ2) is 8.69. The number of amides is 2. The van der Waals surface area contributed by atoms with E-state index in [1.165, 1.54) is 48.8 Å². The number of hydrogen-bond donors (Lipinski definition) is 2. The Hall–Kier alpha value is -5.14. The van der Waals surface area contributed by atoms with Crippen molar-refractivity contribution in [3.05, 3.63) is 95.6 Å². The third-order valence-electron chi connectivity index (χ3n) is 6.33. The van der Waals surface area contributed by atoms with E-state index in [2.05, 4.69) is 20.8 Å². The monoisotopic (exact) mass is 556 g/mol. The predicted molar refractivity (Wildman–Crippen MR) is 131 cm³/mol. The van der Waals surface area contributed by atoms with Crippen LogP contribution in [0.3, 0.4) is 0 Å². The third kappa shape index (κ3) is 4.04. The van der Waals surface area contributed by atoms with Crippen LogP contribution < -0.4 is 10.6 Å². The van der Waals surface area contributed by atoms with Crippen molar-refractivity contribution < 1.29 is 35.9 Å². The summed E-state index contributed by atoms with van der Waals surface area (Å²) >= 11 is 0. The molecule has 0 radical (unpaired) electrons. The van der Waals surface area contributed by atoms with Crippen LogP contribution in [-0.4, -0.2) is 31.4 Å². The Morgan fingerprint density at radius 2 is 1.68 bits per heavy atom. The lowest BCUT2D eigenvalue weighted by atomic mass is 10.0. The second-order valence-corrected chi connectivity index (χ2v) is 8.77. The van der Waals surface area contributed by atoms with Gasteiger partial charge in [-0.2, -0.15) is 36.5 Å². The fraction of sp³-hybridized carbons (Fsp3) is 0.0769. The van der Waals surface area contributed by atoms with E-state index in [0.29, 0.717) is 28.0 Å². The minimum Gasteiger partial charge on any atom is -0.322 e. The predicted octanol–water partition coefficient (Wildman–Crippen LogP) is 6.07. The van der Waals surface area contributed by atoms with Gasteiger partial charge in [0.05, 0.1) is 28.7 Å². The van der Waals surface area contributed by atoms with E-state index in [-0.39, 0.29) is 28.0 Å². The van der Waals surface area contributed by atoms with E-state index < -0.39 is 41.0 Å². The Kier molecular flexibility index (Phi) is 5.47. The standard InChI is InChI=1S/C26H14F6N6O2/c27-25(28,29)17-11-13(5-7-20(17)37-10-2-9-33-37)35-24(40)16-12-34-38(22(16)26(30,31)32)19-8-6-18-21-14(19)3-1-4-15(21)23(39)36-18/h1-12H,(H,35,40)(H,36,39). The molecule has 5 aromatic rings. The highest BCUT2D eigenvalue weighted by atomic mass is 19.4. The fourth-order valence-corrected chi connectivity index (χ4v) is 4.68. The summed E-state index contributed by atoms with van der Waals surface area (Å²) in [4.78, 5) is 25.2. The number of alkyl halides is 6. The van der Waals surface area contributed by atoms with Crippen molar-refractivity contribution in [2.24, 2.45) is 0 Å². The van der Waals surface area contributed by atoms with Crippen molar-refractivity contribution in [1.82, 2.24) is 19.6 Å². The summed E-state index contributed by atoms with van der Waals surface area (Å²) in [6.07, 6.45) is -6.67. The number of halogens is 6. The van der Waals surface area contributed by atoms with Gasteiger partial charge in [-0.3, -0.25) is 9.59 Å². The van der Waals surface area contributed by atoms with Gasteiger partial charge in [-0.15, -0.1) is 0 Å². The molecular weight excluding hydrogens is 542 g/mol. The zero-order valence-electron chi connectivity index (χ0n) is 19.8. The lowest BCUT2D eigenvalue weighted by Gasteiger charge is -2.16. The number of rotatable bonds is 4. The maximum absolute atomic E-state index is 14.3. The van der Waals surface area contributed by atoms with Crippen LogP contribution in [0.15, 0.2) is 73.2 Å².